The fraction of sp³-hybridized carbons (Fsp3) is 0.714. The van der Waals surface area contributed by atoms with Crippen LogP contribution in [0.3, 0.4) is 0 Å². The lowest BCUT2D eigenvalue weighted by Gasteiger charge is -2.03. The highest BCUT2D eigenvalue weighted by atomic mass is 32.1. The average molecular weight is 269 g/mol. The molecule has 0 unspecified atom stereocenters. The quantitative estimate of drug-likeness (QED) is 0.699. The van der Waals surface area contributed by atoms with Gasteiger partial charge in [0.2, 0.25) is 0 Å². The Morgan fingerprint density at radius 2 is 2.22 bits per heavy atom. The zero-order valence-electron chi connectivity index (χ0n) is 11.3. The molecular formula is C14H23NO2S. The van der Waals surface area contributed by atoms with Crippen LogP contribution in [0.25, 0.3) is 0 Å². The summed E-state index contributed by atoms with van der Waals surface area (Å²) in [5, 5.41) is 3.55. The van der Waals surface area contributed by atoms with E-state index in [1.807, 2.05) is 11.3 Å². The van der Waals surface area contributed by atoms with E-state index in [0.717, 1.165) is 38.8 Å². The van der Waals surface area contributed by atoms with E-state index in [2.05, 4.69) is 18.3 Å². The summed E-state index contributed by atoms with van der Waals surface area (Å²) < 4.78 is 10.7. The third-order valence-electron chi connectivity index (χ3n) is 3.11. The van der Waals surface area contributed by atoms with Gasteiger partial charge >= 0.3 is 0 Å². The monoisotopic (exact) mass is 269 g/mol. The third kappa shape index (κ3) is 4.69. The summed E-state index contributed by atoms with van der Waals surface area (Å²) in [6.07, 6.45) is 3.66. The van der Waals surface area contributed by atoms with Crippen LogP contribution >= 0.6 is 11.3 Å². The smallest absolute Gasteiger partial charge is 0.0727 e. The van der Waals surface area contributed by atoms with Crippen LogP contribution in [0.5, 0.6) is 0 Å². The molecule has 1 aromatic rings. The van der Waals surface area contributed by atoms with Crippen molar-refractivity contribution in [2.75, 3.05) is 20.3 Å². The van der Waals surface area contributed by atoms with Crippen molar-refractivity contribution in [2.45, 2.75) is 45.4 Å². The Kier molecular flexibility index (Phi) is 5.63. The summed E-state index contributed by atoms with van der Waals surface area (Å²) in [5.41, 5.74) is 1.34. The summed E-state index contributed by atoms with van der Waals surface area (Å²) in [6, 6.07) is 3.06. The van der Waals surface area contributed by atoms with E-state index in [4.69, 9.17) is 9.47 Å². The molecular weight excluding hydrogens is 246 g/mol. The first kappa shape index (κ1) is 14.0. The second kappa shape index (κ2) is 7.24. The maximum Gasteiger partial charge on any atom is 0.0727 e. The fourth-order valence-corrected chi connectivity index (χ4v) is 2.84. The van der Waals surface area contributed by atoms with Gasteiger partial charge in [-0.15, -0.1) is 11.3 Å². The zero-order chi connectivity index (χ0) is 12.8. The fourth-order valence-electron chi connectivity index (χ4n) is 1.84. The van der Waals surface area contributed by atoms with Crippen molar-refractivity contribution in [3.63, 3.8) is 0 Å². The molecule has 102 valence electrons. The van der Waals surface area contributed by atoms with Crippen molar-refractivity contribution in [3.05, 3.63) is 21.4 Å². The lowest BCUT2D eigenvalue weighted by Crippen LogP contribution is -2.14. The Bertz CT molecular complexity index is 361. The molecule has 1 saturated carbocycles. The lowest BCUT2D eigenvalue weighted by atomic mass is 10.2. The molecule has 0 saturated heterocycles. The second-order valence-corrected chi connectivity index (χ2v) is 6.19. The minimum absolute atomic E-state index is 0.732. The average Bonchev–Trinajstić information content (AvgIpc) is 3.12. The lowest BCUT2D eigenvalue weighted by molar-refractivity contribution is 0.0928. The van der Waals surface area contributed by atoms with Crippen LogP contribution in [0.4, 0.5) is 0 Å². The topological polar surface area (TPSA) is 30.5 Å². The van der Waals surface area contributed by atoms with Gasteiger partial charge in [0.15, 0.2) is 0 Å². The first-order valence-corrected chi connectivity index (χ1v) is 7.49. The minimum atomic E-state index is 0.732. The summed E-state index contributed by atoms with van der Waals surface area (Å²) in [4.78, 5) is 2.81. The van der Waals surface area contributed by atoms with Gasteiger partial charge < -0.3 is 14.8 Å². The molecule has 0 bridgehead atoms. The number of methoxy groups -OCH3 is 1. The Balaban J connectivity index is 1.69. The Hall–Kier alpha value is -0.420. The van der Waals surface area contributed by atoms with Crippen LogP contribution in [0, 0.1) is 6.92 Å². The summed E-state index contributed by atoms with van der Waals surface area (Å²) >= 11 is 1.89. The van der Waals surface area contributed by atoms with Crippen LogP contribution in [0.15, 0.2) is 6.07 Å². The van der Waals surface area contributed by atoms with E-state index in [1.165, 1.54) is 28.2 Å². The number of nitrogens with one attached hydrogen (secondary N) is 1. The second-order valence-electron chi connectivity index (χ2n) is 4.85. The van der Waals surface area contributed by atoms with Crippen molar-refractivity contribution >= 4 is 11.3 Å². The highest BCUT2D eigenvalue weighted by molar-refractivity contribution is 7.12. The molecule has 4 heteroatoms. The van der Waals surface area contributed by atoms with Gasteiger partial charge in [-0.2, -0.15) is 0 Å². The molecule has 0 aliphatic heterocycles. The van der Waals surface area contributed by atoms with E-state index in [0.29, 0.717) is 0 Å². The van der Waals surface area contributed by atoms with Crippen molar-refractivity contribution in [1.29, 1.82) is 0 Å². The van der Waals surface area contributed by atoms with Gasteiger partial charge in [-0.25, -0.2) is 0 Å². The molecule has 1 aliphatic rings. The minimum Gasteiger partial charge on any atom is -0.385 e. The molecule has 3 nitrogen and oxygen atoms in total. The van der Waals surface area contributed by atoms with Gasteiger partial charge in [0.1, 0.15) is 0 Å². The molecule has 1 fully saturated rings. The predicted octanol–water partition coefficient (Wildman–Crippen LogP) is 2.86. The zero-order valence-corrected chi connectivity index (χ0v) is 12.1. The first-order valence-electron chi connectivity index (χ1n) is 6.68. The van der Waals surface area contributed by atoms with E-state index >= 15 is 0 Å². The molecule has 0 atom stereocenters. The number of rotatable bonds is 9. The molecule has 2 rings (SSSR count). The highest BCUT2D eigenvalue weighted by Crippen LogP contribution is 2.24. The third-order valence-corrected chi connectivity index (χ3v) is 4.20. The summed E-state index contributed by atoms with van der Waals surface area (Å²) in [7, 11) is 1.72. The first-order chi connectivity index (χ1) is 8.79. The van der Waals surface area contributed by atoms with Crippen molar-refractivity contribution < 1.29 is 9.47 Å². The molecule has 1 aliphatic carbocycles. The summed E-state index contributed by atoms with van der Waals surface area (Å²) in [5.74, 6) is 0. The van der Waals surface area contributed by atoms with Crippen LogP contribution in [0.1, 0.15) is 34.6 Å². The number of thiophene rings is 1. The van der Waals surface area contributed by atoms with Crippen molar-refractivity contribution in [1.82, 2.24) is 5.32 Å². The SMILES string of the molecule is COCCCOCc1cc(CNC2CC2)sc1C. The summed E-state index contributed by atoms with van der Waals surface area (Å²) in [6.45, 7) is 5.48. The number of aryl methyl sites for hydroxylation is 1. The highest BCUT2D eigenvalue weighted by Gasteiger charge is 2.20. The van der Waals surface area contributed by atoms with E-state index in [1.54, 1.807) is 7.11 Å². The molecule has 1 aromatic heterocycles. The molecule has 1 N–H and O–H groups in total. The van der Waals surface area contributed by atoms with Gasteiger partial charge in [0, 0.05) is 42.7 Å². The van der Waals surface area contributed by atoms with Crippen LogP contribution in [0.2, 0.25) is 0 Å². The van der Waals surface area contributed by atoms with Crippen LogP contribution in [-0.4, -0.2) is 26.4 Å². The Labute approximate surface area is 113 Å². The molecule has 18 heavy (non-hydrogen) atoms. The van der Waals surface area contributed by atoms with Gasteiger partial charge in [0.05, 0.1) is 6.61 Å². The van der Waals surface area contributed by atoms with Gasteiger partial charge in [-0.05, 0) is 37.8 Å². The van der Waals surface area contributed by atoms with Crippen LogP contribution < -0.4 is 5.32 Å². The van der Waals surface area contributed by atoms with Gasteiger partial charge in [-0.1, -0.05) is 0 Å². The van der Waals surface area contributed by atoms with Gasteiger partial charge in [-0.3, -0.25) is 0 Å². The Morgan fingerprint density at radius 1 is 1.39 bits per heavy atom. The molecule has 0 amide bonds. The maximum absolute atomic E-state index is 5.66. The van der Waals surface area contributed by atoms with E-state index in [-0.39, 0.29) is 0 Å². The van der Waals surface area contributed by atoms with Crippen molar-refractivity contribution in [3.8, 4) is 0 Å². The number of ether oxygens (including phenoxy) is 2. The maximum atomic E-state index is 5.66. The van der Waals surface area contributed by atoms with Crippen LogP contribution in [-0.2, 0) is 22.6 Å². The van der Waals surface area contributed by atoms with E-state index < -0.39 is 0 Å². The van der Waals surface area contributed by atoms with Crippen molar-refractivity contribution in [2.24, 2.45) is 0 Å². The standard InChI is InChI=1S/C14H23NO2S/c1-11-12(10-17-7-3-6-16-2)8-14(18-11)9-15-13-4-5-13/h8,13,15H,3-7,9-10H2,1-2H3. The molecule has 0 spiro atoms. The van der Waals surface area contributed by atoms with Gasteiger partial charge in [0.25, 0.3) is 0 Å². The molecule has 1 heterocycles. The normalized spacial score (nSPS) is 15.2. The number of hydrogen-bond donors (Lipinski definition) is 1. The Morgan fingerprint density at radius 3 is 2.94 bits per heavy atom. The number of hydrogen-bond acceptors (Lipinski definition) is 4. The molecule has 0 radical (unpaired) electrons. The van der Waals surface area contributed by atoms with E-state index in [9.17, 15) is 0 Å². The largest absolute Gasteiger partial charge is 0.385 e. The predicted molar refractivity (Wildman–Crippen MR) is 75.1 cm³/mol. The molecule has 0 aromatic carbocycles.